The molecule has 3 aromatic rings. The number of rotatable bonds is 6. The van der Waals surface area contributed by atoms with Crippen LogP contribution in [-0.2, 0) is 25.0 Å². The second kappa shape index (κ2) is 8.24. The minimum atomic E-state index is -0.718. The van der Waals surface area contributed by atoms with E-state index < -0.39 is 12.1 Å². The van der Waals surface area contributed by atoms with Crippen molar-refractivity contribution in [3.05, 3.63) is 100.0 Å². The van der Waals surface area contributed by atoms with Crippen LogP contribution in [0.2, 0.25) is 0 Å². The van der Waals surface area contributed by atoms with Gasteiger partial charge in [-0.2, -0.15) is 0 Å². The quantitative estimate of drug-likeness (QED) is 0.642. The van der Waals surface area contributed by atoms with Crippen molar-refractivity contribution in [2.24, 2.45) is 7.05 Å². The summed E-state index contributed by atoms with van der Waals surface area (Å²) < 4.78 is 7.35. The van der Waals surface area contributed by atoms with E-state index >= 15 is 0 Å². The monoisotopic (exact) mass is 403 g/mol. The largest absolute Gasteiger partial charge is 0.483 e. The van der Waals surface area contributed by atoms with E-state index in [9.17, 15) is 14.4 Å². The van der Waals surface area contributed by atoms with Crippen LogP contribution in [0.25, 0.3) is 0 Å². The van der Waals surface area contributed by atoms with Crippen molar-refractivity contribution in [3.8, 4) is 5.75 Å². The third-order valence-corrected chi connectivity index (χ3v) is 5.02. The van der Waals surface area contributed by atoms with Gasteiger partial charge in [0.05, 0.1) is 12.7 Å². The summed E-state index contributed by atoms with van der Waals surface area (Å²) in [7, 11) is 1.75. The fraction of sp³-hybridized carbons (Fsp3) is 0.174. The Morgan fingerprint density at radius 1 is 0.967 bits per heavy atom. The van der Waals surface area contributed by atoms with Crippen molar-refractivity contribution in [1.82, 2.24) is 14.8 Å². The van der Waals surface area contributed by atoms with E-state index in [1.54, 1.807) is 29.9 Å². The number of nitrogens with zero attached hydrogens (tertiary/aromatic N) is 2. The number of aryl methyl sites for hydroxylation is 1. The van der Waals surface area contributed by atoms with Crippen LogP contribution in [0.1, 0.15) is 22.9 Å². The number of aromatic nitrogens is 1. The standard InChI is InChI=1S/C23H21N3O4/c1-25-14-20(30-15-16-8-4-2-5-9-16)19(27)12-18(25)13-26-22(28)21(24-23(26)29)17-10-6-3-7-11-17/h2-12,14,21H,13,15H2,1H3,(H,24,29). The third kappa shape index (κ3) is 3.96. The van der Waals surface area contributed by atoms with Gasteiger partial charge < -0.3 is 14.6 Å². The van der Waals surface area contributed by atoms with E-state index in [4.69, 9.17) is 4.74 Å². The molecule has 1 fully saturated rings. The highest BCUT2D eigenvalue weighted by atomic mass is 16.5. The van der Waals surface area contributed by atoms with Crippen LogP contribution >= 0.6 is 0 Å². The van der Waals surface area contributed by atoms with E-state index in [0.717, 1.165) is 16.0 Å². The normalized spacial score (nSPS) is 15.9. The van der Waals surface area contributed by atoms with Crippen molar-refractivity contribution < 1.29 is 14.3 Å². The molecule has 7 nitrogen and oxygen atoms in total. The number of carbonyl (C=O) groups excluding carboxylic acids is 2. The van der Waals surface area contributed by atoms with E-state index in [-0.39, 0.29) is 30.2 Å². The summed E-state index contributed by atoms with van der Waals surface area (Å²) in [5.74, 6) is -0.132. The van der Waals surface area contributed by atoms with Gasteiger partial charge in [-0.05, 0) is 11.1 Å². The Morgan fingerprint density at radius 2 is 1.63 bits per heavy atom. The maximum absolute atomic E-state index is 12.8. The first kappa shape index (κ1) is 19.4. The van der Waals surface area contributed by atoms with Crippen LogP contribution in [0, 0.1) is 0 Å². The van der Waals surface area contributed by atoms with Crippen molar-refractivity contribution >= 4 is 11.9 Å². The lowest BCUT2D eigenvalue weighted by molar-refractivity contribution is -0.128. The van der Waals surface area contributed by atoms with Gasteiger partial charge in [0.15, 0.2) is 5.75 Å². The third-order valence-electron chi connectivity index (χ3n) is 5.02. The summed E-state index contributed by atoms with van der Waals surface area (Å²) in [6, 6.07) is 18.8. The summed E-state index contributed by atoms with van der Waals surface area (Å²) in [5, 5.41) is 2.70. The summed E-state index contributed by atoms with van der Waals surface area (Å²) in [6.07, 6.45) is 1.58. The number of imide groups is 1. The lowest BCUT2D eigenvalue weighted by Gasteiger charge is -2.17. The van der Waals surface area contributed by atoms with E-state index in [1.807, 2.05) is 48.5 Å². The molecular weight excluding hydrogens is 382 g/mol. The van der Waals surface area contributed by atoms with Crippen LogP contribution in [0.4, 0.5) is 4.79 Å². The van der Waals surface area contributed by atoms with Gasteiger partial charge in [0.1, 0.15) is 12.6 Å². The Labute approximate surface area is 173 Å². The first-order valence-electron chi connectivity index (χ1n) is 9.56. The lowest BCUT2D eigenvalue weighted by Crippen LogP contribution is -2.32. The first-order valence-corrected chi connectivity index (χ1v) is 9.56. The Hall–Kier alpha value is -3.87. The number of ether oxygens (including phenoxy) is 1. The highest BCUT2D eigenvalue weighted by Crippen LogP contribution is 2.23. The Balaban J connectivity index is 1.49. The van der Waals surface area contributed by atoms with Crippen LogP contribution < -0.4 is 15.5 Å². The maximum atomic E-state index is 12.8. The zero-order valence-corrected chi connectivity index (χ0v) is 16.4. The second-order valence-electron chi connectivity index (χ2n) is 7.10. The van der Waals surface area contributed by atoms with Crippen LogP contribution in [-0.4, -0.2) is 21.4 Å². The van der Waals surface area contributed by atoms with Gasteiger partial charge in [0.2, 0.25) is 5.43 Å². The predicted molar refractivity (Wildman–Crippen MR) is 111 cm³/mol. The van der Waals surface area contributed by atoms with Gasteiger partial charge in [0.25, 0.3) is 5.91 Å². The molecule has 0 bridgehead atoms. The molecule has 152 valence electrons. The predicted octanol–water partition coefficient (Wildman–Crippen LogP) is 2.76. The number of benzene rings is 2. The molecule has 0 saturated carbocycles. The molecule has 1 aromatic heterocycles. The van der Waals surface area contributed by atoms with Crippen molar-refractivity contribution in [3.63, 3.8) is 0 Å². The minimum absolute atomic E-state index is 0.00128. The number of hydrogen-bond acceptors (Lipinski definition) is 4. The Kier molecular flexibility index (Phi) is 5.34. The van der Waals surface area contributed by atoms with Gasteiger partial charge in [-0.1, -0.05) is 60.7 Å². The van der Waals surface area contributed by atoms with Gasteiger partial charge in [-0.3, -0.25) is 14.5 Å². The molecular formula is C23H21N3O4. The minimum Gasteiger partial charge on any atom is -0.483 e. The van der Waals surface area contributed by atoms with Gasteiger partial charge in [-0.15, -0.1) is 0 Å². The molecule has 1 N–H and O–H groups in total. The van der Waals surface area contributed by atoms with Crippen LogP contribution in [0.3, 0.4) is 0 Å². The molecule has 0 aliphatic carbocycles. The van der Waals surface area contributed by atoms with Crippen molar-refractivity contribution in [2.75, 3.05) is 0 Å². The molecule has 3 amide bonds. The summed E-state index contributed by atoms with van der Waals surface area (Å²) in [5.41, 5.74) is 1.90. The lowest BCUT2D eigenvalue weighted by atomic mass is 10.1. The highest BCUT2D eigenvalue weighted by Gasteiger charge is 2.39. The summed E-state index contributed by atoms with van der Waals surface area (Å²) in [4.78, 5) is 38.8. The van der Waals surface area contributed by atoms with Gasteiger partial charge in [-0.25, -0.2) is 4.79 Å². The molecule has 0 spiro atoms. The SMILES string of the molecule is Cn1cc(OCc2ccccc2)c(=O)cc1CN1C(=O)NC(c2ccccc2)C1=O. The second-order valence-corrected chi connectivity index (χ2v) is 7.10. The Bertz CT molecular complexity index is 1130. The molecule has 2 aromatic carbocycles. The van der Waals surface area contributed by atoms with Crippen LogP contribution in [0.15, 0.2) is 77.7 Å². The number of urea groups is 1. The van der Waals surface area contributed by atoms with E-state index in [2.05, 4.69) is 5.32 Å². The molecule has 1 aliphatic rings. The Morgan fingerprint density at radius 3 is 2.33 bits per heavy atom. The maximum Gasteiger partial charge on any atom is 0.325 e. The number of amides is 3. The molecule has 1 atom stereocenters. The fourth-order valence-electron chi connectivity index (χ4n) is 3.35. The molecule has 4 rings (SSSR count). The molecule has 1 unspecified atom stereocenters. The smallest absolute Gasteiger partial charge is 0.325 e. The molecule has 30 heavy (non-hydrogen) atoms. The molecule has 7 heteroatoms. The van der Waals surface area contributed by atoms with E-state index in [0.29, 0.717) is 5.69 Å². The topological polar surface area (TPSA) is 80.6 Å². The highest BCUT2D eigenvalue weighted by molar-refractivity contribution is 6.04. The molecule has 1 saturated heterocycles. The fourth-order valence-corrected chi connectivity index (χ4v) is 3.35. The van der Waals surface area contributed by atoms with E-state index in [1.165, 1.54) is 6.07 Å². The summed E-state index contributed by atoms with van der Waals surface area (Å²) in [6.45, 7) is 0.278. The molecule has 2 heterocycles. The first-order chi connectivity index (χ1) is 14.5. The van der Waals surface area contributed by atoms with Crippen molar-refractivity contribution in [1.29, 1.82) is 0 Å². The summed E-state index contributed by atoms with van der Waals surface area (Å²) >= 11 is 0. The number of nitrogens with one attached hydrogen (secondary N) is 1. The zero-order valence-electron chi connectivity index (χ0n) is 16.4. The van der Waals surface area contributed by atoms with Gasteiger partial charge in [0, 0.05) is 18.8 Å². The average Bonchev–Trinajstić information content (AvgIpc) is 3.04. The van der Waals surface area contributed by atoms with Crippen LogP contribution in [0.5, 0.6) is 5.75 Å². The number of hydrogen-bond donors (Lipinski definition) is 1. The van der Waals surface area contributed by atoms with Gasteiger partial charge >= 0.3 is 6.03 Å². The molecule has 0 radical (unpaired) electrons. The zero-order chi connectivity index (χ0) is 21.1. The molecule has 1 aliphatic heterocycles. The number of carbonyl (C=O) groups is 2. The van der Waals surface area contributed by atoms with Crippen molar-refractivity contribution in [2.45, 2.75) is 19.2 Å². The number of pyridine rings is 1. The average molecular weight is 403 g/mol.